The molecule has 170 valence electrons. The molecule has 0 spiro atoms. The van der Waals surface area contributed by atoms with Gasteiger partial charge in [0.25, 0.3) is 0 Å². The molecule has 0 radical (unpaired) electrons. The molecule has 0 saturated carbocycles. The number of ether oxygens (including phenoxy) is 1. The molecule has 0 bridgehead atoms. The van der Waals surface area contributed by atoms with Gasteiger partial charge in [-0.2, -0.15) is 4.31 Å². The predicted molar refractivity (Wildman–Crippen MR) is 118 cm³/mol. The topological polar surface area (TPSA) is 99.3 Å². The Morgan fingerprint density at radius 1 is 1.13 bits per heavy atom. The van der Waals surface area contributed by atoms with Crippen LogP contribution in [0.25, 0.3) is 0 Å². The molecule has 0 unspecified atom stereocenters. The lowest BCUT2D eigenvalue weighted by Gasteiger charge is -2.30. The lowest BCUT2D eigenvalue weighted by molar-refractivity contribution is -0.123. The Labute approximate surface area is 187 Å². The number of morpholine rings is 1. The van der Waals surface area contributed by atoms with E-state index in [9.17, 15) is 18.0 Å². The van der Waals surface area contributed by atoms with E-state index in [-0.39, 0.29) is 29.0 Å². The zero-order valence-electron chi connectivity index (χ0n) is 17.4. The van der Waals surface area contributed by atoms with E-state index in [1.54, 1.807) is 12.1 Å². The zero-order valence-corrected chi connectivity index (χ0v) is 19.0. The third-order valence-electron chi connectivity index (χ3n) is 5.73. The number of carbonyl (C=O) groups is 2. The minimum atomic E-state index is -3.60. The van der Waals surface area contributed by atoms with E-state index in [4.69, 9.17) is 4.74 Å². The summed E-state index contributed by atoms with van der Waals surface area (Å²) in [5.41, 5.74) is 0.491. The van der Waals surface area contributed by atoms with Gasteiger partial charge in [0, 0.05) is 44.2 Å². The van der Waals surface area contributed by atoms with Gasteiger partial charge in [-0.25, -0.2) is 8.42 Å². The van der Waals surface area contributed by atoms with Crippen LogP contribution in [0.4, 0.5) is 5.69 Å². The number of carbonyl (C=O) groups excluding carboxylic acids is 2. The molecule has 11 heteroatoms. The maximum absolute atomic E-state index is 12.9. The number of thioether (sulfide) groups is 1. The Bertz CT molecular complexity index is 927. The number of nitrogens with one attached hydrogen (secondary N) is 1. The van der Waals surface area contributed by atoms with E-state index in [0.717, 1.165) is 37.4 Å². The second-order valence-electron chi connectivity index (χ2n) is 7.81. The largest absolute Gasteiger partial charge is 0.379 e. The number of fused-ring (bicyclic) bond motifs is 1. The molecule has 4 rings (SSSR count). The number of hydrogen-bond acceptors (Lipinski definition) is 7. The normalized spacial score (nSPS) is 20.6. The van der Waals surface area contributed by atoms with Crippen LogP contribution in [-0.4, -0.2) is 94.2 Å². The third-order valence-corrected chi connectivity index (χ3v) is 8.67. The van der Waals surface area contributed by atoms with E-state index in [0.29, 0.717) is 38.5 Å². The van der Waals surface area contributed by atoms with Crippen molar-refractivity contribution in [2.24, 2.45) is 0 Å². The van der Waals surface area contributed by atoms with Crippen molar-refractivity contribution in [2.75, 3.05) is 69.7 Å². The summed E-state index contributed by atoms with van der Waals surface area (Å²) in [4.78, 5) is 29.7. The molecule has 0 aromatic heterocycles. The molecule has 9 nitrogen and oxygen atoms in total. The van der Waals surface area contributed by atoms with Gasteiger partial charge in [0.05, 0.1) is 29.5 Å². The molecule has 3 aliphatic rings. The van der Waals surface area contributed by atoms with Crippen molar-refractivity contribution >= 4 is 39.3 Å². The first-order valence-electron chi connectivity index (χ1n) is 10.6. The first kappa shape index (κ1) is 22.5. The van der Waals surface area contributed by atoms with Gasteiger partial charge < -0.3 is 15.0 Å². The van der Waals surface area contributed by atoms with E-state index in [1.165, 1.54) is 27.0 Å². The SMILES string of the molecule is O=C(CN1C(=O)CSc2ccc(S(=O)(=O)N3CCCC3)cc21)NCCN1CCOCC1. The number of amides is 2. The summed E-state index contributed by atoms with van der Waals surface area (Å²) in [6, 6.07) is 4.86. The summed E-state index contributed by atoms with van der Waals surface area (Å²) < 4.78 is 32.7. The second kappa shape index (κ2) is 9.86. The van der Waals surface area contributed by atoms with Crippen LogP contribution < -0.4 is 10.2 Å². The van der Waals surface area contributed by atoms with Gasteiger partial charge in [0.1, 0.15) is 6.54 Å². The van der Waals surface area contributed by atoms with Gasteiger partial charge in [-0.3, -0.25) is 14.5 Å². The third kappa shape index (κ3) is 5.23. The van der Waals surface area contributed by atoms with Crippen LogP contribution >= 0.6 is 11.8 Å². The molecule has 3 aliphatic heterocycles. The highest BCUT2D eigenvalue weighted by atomic mass is 32.2. The van der Waals surface area contributed by atoms with E-state index in [1.807, 2.05) is 0 Å². The zero-order chi connectivity index (χ0) is 21.8. The number of hydrogen-bond donors (Lipinski definition) is 1. The van der Waals surface area contributed by atoms with E-state index >= 15 is 0 Å². The fourth-order valence-corrected chi connectivity index (χ4v) is 6.42. The Kier molecular flexibility index (Phi) is 7.17. The smallest absolute Gasteiger partial charge is 0.243 e. The van der Waals surface area contributed by atoms with Gasteiger partial charge in [0.2, 0.25) is 21.8 Å². The Hall–Kier alpha value is -1.66. The van der Waals surface area contributed by atoms with Gasteiger partial charge in [0.15, 0.2) is 0 Å². The Morgan fingerprint density at radius 3 is 2.61 bits per heavy atom. The van der Waals surface area contributed by atoms with Crippen LogP contribution in [0.1, 0.15) is 12.8 Å². The van der Waals surface area contributed by atoms with Gasteiger partial charge in [-0.15, -0.1) is 11.8 Å². The maximum atomic E-state index is 12.9. The molecule has 2 saturated heterocycles. The second-order valence-corrected chi connectivity index (χ2v) is 10.8. The summed E-state index contributed by atoms with van der Waals surface area (Å²) in [5, 5.41) is 2.87. The van der Waals surface area contributed by atoms with E-state index in [2.05, 4.69) is 10.2 Å². The van der Waals surface area contributed by atoms with Crippen molar-refractivity contribution in [3.8, 4) is 0 Å². The van der Waals surface area contributed by atoms with Crippen LogP contribution in [0, 0.1) is 0 Å². The first-order chi connectivity index (χ1) is 14.9. The van der Waals surface area contributed by atoms with Crippen molar-refractivity contribution < 1.29 is 22.7 Å². The molecular formula is C20H28N4O5S2. The summed E-state index contributed by atoms with van der Waals surface area (Å²) in [7, 11) is -3.60. The molecule has 31 heavy (non-hydrogen) atoms. The maximum Gasteiger partial charge on any atom is 0.243 e. The Morgan fingerprint density at radius 2 is 1.87 bits per heavy atom. The summed E-state index contributed by atoms with van der Waals surface area (Å²) in [6.07, 6.45) is 1.71. The molecule has 0 aliphatic carbocycles. The van der Waals surface area contributed by atoms with Crippen molar-refractivity contribution in [3.05, 3.63) is 18.2 Å². The van der Waals surface area contributed by atoms with Crippen LogP contribution in [-0.2, 0) is 24.3 Å². The summed E-state index contributed by atoms with van der Waals surface area (Å²) in [5.74, 6) is -0.226. The minimum Gasteiger partial charge on any atom is -0.379 e. The number of nitrogens with zero attached hydrogens (tertiary/aromatic N) is 3. The van der Waals surface area contributed by atoms with Crippen LogP contribution in [0.2, 0.25) is 0 Å². The molecule has 1 aromatic rings. The van der Waals surface area contributed by atoms with Crippen LogP contribution in [0.5, 0.6) is 0 Å². The average molecular weight is 469 g/mol. The highest BCUT2D eigenvalue weighted by Gasteiger charge is 2.31. The van der Waals surface area contributed by atoms with Crippen molar-refractivity contribution in [2.45, 2.75) is 22.6 Å². The van der Waals surface area contributed by atoms with Gasteiger partial charge in [-0.05, 0) is 31.0 Å². The van der Waals surface area contributed by atoms with E-state index < -0.39 is 10.0 Å². The lowest BCUT2D eigenvalue weighted by Crippen LogP contribution is -2.46. The standard InChI is InChI=1S/C20H28N4O5S2/c25-19(21-5-8-22-9-11-29-12-10-22)14-24-17-13-16(3-4-18(17)30-15-20(24)26)31(27,28)23-6-1-2-7-23/h3-4,13H,1-2,5-12,14-15H2,(H,21,25). The number of benzene rings is 1. The molecular weight excluding hydrogens is 440 g/mol. The number of sulfonamides is 1. The predicted octanol–water partition coefficient (Wildman–Crippen LogP) is 0.358. The summed E-state index contributed by atoms with van der Waals surface area (Å²) >= 11 is 1.37. The molecule has 0 atom stereocenters. The fourth-order valence-electron chi connectivity index (χ4n) is 3.97. The lowest BCUT2D eigenvalue weighted by atomic mass is 10.2. The van der Waals surface area contributed by atoms with Crippen LogP contribution in [0.3, 0.4) is 0 Å². The van der Waals surface area contributed by atoms with Crippen LogP contribution in [0.15, 0.2) is 28.0 Å². The van der Waals surface area contributed by atoms with Gasteiger partial charge in [-0.1, -0.05) is 0 Å². The summed E-state index contributed by atoms with van der Waals surface area (Å²) in [6.45, 7) is 5.23. The monoisotopic (exact) mass is 468 g/mol. The van der Waals surface area contributed by atoms with Gasteiger partial charge >= 0.3 is 0 Å². The molecule has 3 heterocycles. The Balaban J connectivity index is 1.44. The van der Waals surface area contributed by atoms with Crippen molar-refractivity contribution in [1.82, 2.24) is 14.5 Å². The highest BCUT2D eigenvalue weighted by molar-refractivity contribution is 8.00. The van der Waals surface area contributed by atoms with Crippen molar-refractivity contribution in [3.63, 3.8) is 0 Å². The quantitative estimate of drug-likeness (QED) is 0.617. The molecule has 2 amide bonds. The van der Waals surface area contributed by atoms with Crippen molar-refractivity contribution in [1.29, 1.82) is 0 Å². The average Bonchev–Trinajstić information content (AvgIpc) is 3.32. The first-order valence-corrected chi connectivity index (χ1v) is 13.0. The molecule has 1 N–H and O–H groups in total. The molecule has 1 aromatic carbocycles. The molecule has 2 fully saturated rings. The fraction of sp³-hybridized carbons (Fsp3) is 0.600. The number of anilines is 1. The highest BCUT2D eigenvalue weighted by Crippen LogP contribution is 2.37. The number of rotatable bonds is 7. The minimum absolute atomic E-state index is 0.122.